The Morgan fingerprint density at radius 3 is 2.44 bits per heavy atom. The summed E-state index contributed by atoms with van der Waals surface area (Å²) in [6.45, 7) is 1.64. The molecule has 0 heterocycles. The number of amides is 1. The molecule has 27 heavy (non-hydrogen) atoms. The molecule has 0 spiro atoms. The molecular formula is C19H23N3O4S. The smallest absolute Gasteiger partial charge is 0.260 e. The topological polar surface area (TPSA) is 88.1 Å². The van der Waals surface area contributed by atoms with Crippen LogP contribution in [0.15, 0.2) is 53.6 Å². The molecule has 2 aromatic carbocycles. The monoisotopic (exact) mass is 389 g/mol. The standard InChI is InChI=1S/C19H23N3O4S/c1-4-15-9-11-17(12-10-15)22(27(3,24)25)14-19(23)21-20-13-16-7-5-6-8-18(16)26-2/h5-13H,4,14H2,1-3H3,(H,21,23)/b20-13-. The van der Waals surface area contributed by atoms with Crippen molar-refractivity contribution >= 4 is 27.8 Å². The van der Waals surface area contributed by atoms with Crippen molar-refractivity contribution in [1.82, 2.24) is 5.43 Å². The summed E-state index contributed by atoms with van der Waals surface area (Å²) in [6.07, 6.45) is 3.35. The Morgan fingerprint density at radius 1 is 1.19 bits per heavy atom. The maximum atomic E-state index is 12.2. The number of carbonyl (C=O) groups is 1. The van der Waals surface area contributed by atoms with Gasteiger partial charge in [-0.25, -0.2) is 13.8 Å². The molecule has 7 nitrogen and oxygen atoms in total. The third kappa shape index (κ3) is 5.82. The summed E-state index contributed by atoms with van der Waals surface area (Å²) in [5, 5.41) is 3.88. The predicted octanol–water partition coefficient (Wildman–Crippen LogP) is 2.17. The van der Waals surface area contributed by atoms with E-state index in [1.165, 1.54) is 6.21 Å². The second-order valence-electron chi connectivity index (χ2n) is 5.82. The highest BCUT2D eigenvalue weighted by molar-refractivity contribution is 7.92. The fourth-order valence-electron chi connectivity index (χ4n) is 2.41. The van der Waals surface area contributed by atoms with E-state index in [-0.39, 0.29) is 6.54 Å². The summed E-state index contributed by atoms with van der Waals surface area (Å²) in [5.74, 6) is 0.0652. The molecule has 2 aromatic rings. The average molecular weight is 389 g/mol. The highest BCUT2D eigenvalue weighted by Gasteiger charge is 2.20. The number of nitrogens with zero attached hydrogens (tertiary/aromatic N) is 2. The zero-order valence-corrected chi connectivity index (χ0v) is 16.4. The summed E-state index contributed by atoms with van der Waals surface area (Å²) in [6, 6.07) is 14.2. The molecule has 1 N–H and O–H groups in total. The molecule has 8 heteroatoms. The Bertz CT molecular complexity index is 909. The molecule has 144 valence electrons. The Kier molecular flexibility index (Phi) is 6.95. The number of nitrogens with one attached hydrogen (secondary N) is 1. The van der Waals surface area contributed by atoms with Crippen LogP contribution in [0.5, 0.6) is 5.75 Å². The van der Waals surface area contributed by atoms with Crippen molar-refractivity contribution in [3.63, 3.8) is 0 Å². The number of ether oxygens (including phenoxy) is 1. The van der Waals surface area contributed by atoms with Gasteiger partial charge in [-0.2, -0.15) is 5.10 Å². The lowest BCUT2D eigenvalue weighted by molar-refractivity contribution is -0.119. The summed E-state index contributed by atoms with van der Waals surface area (Å²) in [7, 11) is -2.08. The van der Waals surface area contributed by atoms with E-state index in [0.29, 0.717) is 17.0 Å². The normalized spacial score (nSPS) is 11.4. The Balaban J connectivity index is 2.08. The van der Waals surface area contributed by atoms with E-state index < -0.39 is 15.9 Å². The van der Waals surface area contributed by atoms with Gasteiger partial charge in [-0.1, -0.05) is 31.2 Å². The van der Waals surface area contributed by atoms with Crippen LogP contribution in [-0.4, -0.2) is 40.4 Å². The molecule has 1 amide bonds. The molecule has 0 bridgehead atoms. The van der Waals surface area contributed by atoms with E-state index in [1.54, 1.807) is 31.4 Å². The second kappa shape index (κ2) is 9.18. The molecule has 0 unspecified atom stereocenters. The summed E-state index contributed by atoms with van der Waals surface area (Å²) >= 11 is 0. The largest absolute Gasteiger partial charge is 0.496 e. The first-order chi connectivity index (χ1) is 12.8. The molecule has 0 atom stereocenters. The third-order valence-electron chi connectivity index (χ3n) is 3.85. The number of carbonyl (C=O) groups excluding carboxylic acids is 1. The van der Waals surface area contributed by atoms with Gasteiger partial charge in [0, 0.05) is 5.56 Å². The number of rotatable bonds is 8. The van der Waals surface area contributed by atoms with Gasteiger partial charge in [-0.15, -0.1) is 0 Å². The lowest BCUT2D eigenvalue weighted by atomic mass is 10.1. The van der Waals surface area contributed by atoms with E-state index >= 15 is 0 Å². The number of hydrogen-bond donors (Lipinski definition) is 1. The molecule has 0 aliphatic rings. The lowest BCUT2D eigenvalue weighted by Gasteiger charge is -2.21. The summed E-state index contributed by atoms with van der Waals surface area (Å²) in [4.78, 5) is 12.2. The van der Waals surface area contributed by atoms with E-state index in [1.807, 2.05) is 31.2 Å². The number of hydrazone groups is 1. The molecule has 0 radical (unpaired) electrons. The van der Waals surface area contributed by atoms with Crippen molar-refractivity contribution in [2.24, 2.45) is 5.10 Å². The van der Waals surface area contributed by atoms with Gasteiger partial charge >= 0.3 is 0 Å². The molecule has 0 saturated carbocycles. The Morgan fingerprint density at radius 2 is 1.85 bits per heavy atom. The fraction of sp³-hybridized carbons (Fsp3) is 0.263. The predicted molar refractivity (Wildman–Crippen MR) is 107 cm³/mol. The van der Waals surface area contributed by atoms with Crippen molar-refractivity contribution in [3.05, 3.63) is 59.7 Å². The fourth-order valence-corrected chi connectivity index (χ4v) is 3.27. The van der Waals surface area contributed by atoms with Crippen LogP contribution in [0.4, 0.5) is 5.69 Å². The van der Waals surface area contributed by atoms with Crippen LogP contribution in [0.2, 0.25) is 0 Å². The zero-order chi connectivity index (χ0) is 19.9. The van der Waals surface area contributed by atoms with E-state index in [0.717, 1.165) is 22.5 Å². The summed E-state index contributed by atoms with van der Waals surface area (Å²) < 4.78 is 30.4. The molecule has 0 fully saturated rings. The van der Waals surface area contributed by atoms with Gasteiger partial charge in [0.05, 0.1) is 25.3 Å². The van der Waals surface area contributed by atoms with Crippen LogP contribution in [0.25, 0.3) is 0 Å². The molecule has 0 saturated heterocycles. The quantitative estimate of drug-likeness (QED) is 0.554. The van der Waals surface area contributed by atoms with Crippen LogP contribution in [-0.2, 0) is 21.2 Å². The van der Waals surface area contributed by atoms with Gasteiger partial charge in [0.25, 0.3) is 5.91 Å². The number of aryl methyl sites for hydroxylation is 1. The zero-order valence-electron chi connectivity index (χ0n) is 15.5. The number of anilines is 1. The Labute approximate surface area is 159 Å². The van der Waals surface area contributed by atoms with Gasteiger partial charge in [0.15, 0.2) is 0 Å². The molecule has 0 aliphatic heterocycles. The number of methoxy groups -OCH3 is 1. The van der Waals surface area contributed by atoms with Crippen LogP contribution < -0.4 is 14.5 Å². The van der Waals surface area contributed by atoms with Crippen LogP contribution in [0, 0.1) is 0 Å². The maximum absolute atomic E-state index is 12.2. The van der Waals surface area contributed by atoms with Crippen molar-refractivity contribution in [2.45, 2.75) is 13.3 Å². The number of hydrogen-bond acceptors (Lipinski definition) is 5. The van der Waals surface area contributed by atoms with E-state index in [2.05, 4.69) is 10.5 Å². The maximum Gasteiger partial charge on any atom is 0.260 e. The van der Waals surface area contributed by atoms with Crippen LogP contribution in [0.3, 0.4) is 0 Å². The third-order valence-corrected chi connectivity index (χ3v) is 4.99. The average Bonchev–Trinajstić information content (AvgIpc) is 2.66. The lowest BCUT2D eigenvalue weighted by Crippen LogP contribution is -2.39. The number of benzene rings is 2. The first-order valence-corrected chi connectivity index (χ1v) is 10.2. The van der Waals surface area contributed by atoms with Crippen molar-refractivity contribution < 1.29 is 17.9 Å². The molecule has 0 aromatic heterocycles. The van der Waals surface area contributed by atoms with Gasteiger partial charge < -0.3 is 4.74 Å². The van der Waals surface area contributed by atoms with Gasteiger partial charge in [0.2, 0.25) is 10.0 Å². The van der Waals surface area contributed by atoms with Crippen molar-refractivity contribution in [1.29, 1.82) is 0 Å². The van der Waals surface area contributed by atoms with Crippen molar-refractivity contribution in [3.8, 4) is 5.75 Å². The van der Waals surface area contributed by atoms with E-state index in [9.17, 15) is 13.2 Å². The Hall–Kier alpha value is -2.87. The highest BCUT2D eigenvalue weighted by atomic mass is 32.2. The summed E-state index contributed by atoms with van der Waals surface area (Å²) in [5.41, 5.74) is 4.55. The molecular weight excluding hydrogens is 366 g/mol. The molecule has 0 aliphatic carbocycles. The highest BCUT2D eigenvalue weighted by Crippen LogP contribution is 2.18. The molecule has 2 rings (SSSR count). The van der Waals surface area contributed by atoms with E-state index in [4.69, 9.17) is 4.74 Å². The number of para-hydroxylation sites is 1. The first kappa shape index (κ1) is 20.4. The van der Waals surface area contributed by atoms with Gasteiger partial charge in [0.1, 0.15) is 12.3 Å². The first-order valence-electron chi connectivity index (χ1n) is 8.36. The van der Waals surface area contributed by atoms with Crippen LogP contribution >= 0.6 is 0 Å². The second-order valence-corrected chi connectivity index (χ2v) is 7.73. The number of sulfonamides is 1. The SMILES string of the molecule is CCc1ccc(N(CC(=O)N/N=C\c2ccccc2OC)S(C)(=O)=O)cc1. The minimum atomic E-state index is -3.62. The van der Waals surface area contributed by atoms with Gasteiger partial charge in [-0.3, -0.25) is 9.10 Å². The van der Waals surface area contributed by atoms with Gasteiger partial charge in [-0.05, 0) is 36.2 Å². The minimum absolute atomic E-state index is 0.367. The minimum Gasteiger partial charge on any atom is -0.496 e. The van der Waals surface area contributed by atoms with Crippen molar-refractivity contribution in [2.75, 3.05) is 24.2 Å². The van der Waals surface area contributed by atoms with Crippen LogP contribution in [0.1, 0.15) is 18.1 Å².